The van der Waals surface area contributed by atoms with Gasteiger partial charge in [0.05, 0.1) is 12.7 Å². The van der Waals surface area contributed by atoms with Crippen LogP contribution in [0.2, 0.25) is 0 Å². The molecule has 168 valence electrons. The number of hydrogen-bond donors (Lipinski definition) is 3. The summed E-state index contributed by atoms with van der Waals surface area (Å²) >= 11 is 0. The summed E-state index contributed by atoms with van der Waals surface area (Å²) in [7, 11) is 0. The molecule has 0 amide bonds. The molecule has 0 fully saturated rings. The van der Waals surface area contributed by atoms with E-state index in [0.29, 0.717) is 13.2 Å². The minimum Gasteiger partial charge on any atom is -0.508 e. The molecule has 0 heterocycles. The summed E-state index contributed by atoms with van der Waals surface area (Å²) in [5.74, 6) is 0.287. The Hall–Kier alpha value is -1.10. The second kappa shape index (κ2) is 15.7. The molecule has 0 bridgehead atoms. The van der Waals surface area contributed by atoms with Crippen LogP contribution in [0, 0.1) is 0 Å². The van der Waals surface area contributed by atoms with Crippen molar-refractivity contribution in [1.29, 1.82) is 0 Å². The molecule has 1 aromatic rings. The van der Waals surface area contributed by atoms with E-state index < -0.39 is 6.10 Å². The average molecular weight is 408 g/mol. The third-order valence-electron chi connectivity index (χ3n) is 5.35. The van der Waals surface area contributed by atoms with Crippen molar-refractivity contribution >= 4 is 0 Å². The van der Waals surface area contributed by atoms with Gasteiger partial charge >= 0.3 is 0 Å². The zero-order valence-electron chi connectivity index (χ0n) is 19.1. The molecule has 1 aromatic carbocycles. The number of aromatic hydroxyl groups is 1. The summed E-state index contributed by atoms with van der Waals surface area (Å²) in [6.07, 6.45) is 13.6. The Kier molecular flexibility index (Phi) is 14.0. The lowest BCUT2D eigenvalue weighted by atomic mass is 9.94. The standard InChI is InChI=1S/C25H45NO3/c1-4-5-6-7-8-9-10-11-12-13-18-29-21-24(28)20-26-25(2,3)19-22-14-16-23(27)17-15-22/h14-17,24,26-28H,4-13,18-21H2,1-3H3. The highest BCUT2D eigenvalue weighted by Crippen LogP contribution is 2.16. The molecule has 1 atom stereocenters. The Morgan fingerprint density at radius 3 is 2.03 bits per heavy atom. The highest BCUT2D eigenvalue weighted by molar-refractivity contribution is 5.27. The van der Waals surface area contributed by atoms with Crippen LogP contribution in [0.5, 0.6) is 5.75 Å². The zero-order valence-corrected chi connectivity index (χ0v) is 19.1. The molecule has 0 aromatic heterocycles. The van der Waals surface area contributed by atoms with Gasteiger partial charge in [0.1, 0.15) is 5.75 Å². The van der Waals surface area contributed by atoms with Gasteiger partial charge in [0.15, 0.2) is 0 Å². The first-order valence-electron chi connectivity index (χ1n) is 11.7. The number of phenols is 1. The molecular formula is C25H45NO3. The van der Waals surface area contributed by atoms with Gasteiger partial charge in [-0.3, -0.25) is 0 Å². The topological polar surface area (TPSA) is 61.7 Å². The van der Waals surface area contributed by atoms with E-state index in [1.165, 1.54) is 57.8 Å². The maximum atomic E-state index is 10.2. The van der Waals surface area contributed by atoms with Gasteiger partial charge < -0.3 is 20.3 Å². The van der Waals surface area contributed by atoms with Crippen molar-refractivity contribution in [2.24, 2.45) is 0 Å². The molecule has 29 heavy (non-hydrogen) atoms. The lowest BCUT2D eigenvalue weighted by molar-refractivity contribution is 0.0321. The van der Waals surface area contributed by atoms with Gasteiger partial charge in [-0.15, -0.1) is 0 Å². The van der Waals surface area contributed by atoms with Crippen molar-refractivity contribution in [3.8, 4) is 5.75 Å². The summed E-state index contributed by atoms with van der Waals surface area (Å²) in [4.78, 5) is 0. The lowest BCUT2D eigenvalue weighted by Crippen LogP contribution is -2.46. The minimum atomic E-state index is -0.489. The van der Waals surface area contributed by atoms with E-state index in [4.69, 9.17) is 4.74 Å². The Morgan fingerprint density at radius 1 is 0.897 bits per heavy atom. The van der Waals surface area contributed by atoms with Crippen LogP contribution in [0.15, 0.2) is 24.3 Å². The largest absolute Gasteiger partial charge is 0.508 e. The number of phenolic OH excluding ortho intramolecular Hbond substituents is 1. The predicted octanol–water partition coefficient (Wildman–Crippen LogP) is 5.60. The number of ether oxygens (including phenoxy) is 1. The van der Waals surface area contributed by atoms with E-state index in [2.05, 4.69) is 26.1 Å². The number of β-amino-alcohol motifs (C(OH)–C–C–N with tert-alkyl or cyclic N) is 1. The highest BCUT2D eigenvalue weighted by Gasteiger charge is 2.19. The Morgan fingerprint density at radius 2 is 1.45 bits per heavy atom. The molecule has 0 aliphatic rings. The van der Waals surface area contributed by atoms with E-state index in [1.54, 1.807) is 12.1 Å². The Balaban J connectivity index is 1.98. The van der Waals surface area contributed by atoms with Gasteiger partial charge in [0, 0.05) is 18.7 Å². The fourth-order valence-corrected chi connectivity index (χ4v) is 3.55. The molecule has 0 radical (unpaired) electrons. The van der Waals surface area contributed by atoms with Crippen LogP contribution < -0.4 is 5.32 Å². The SMILES string of the molecule is CCCCCCCCCCCCOCC(O)CNC(C)(C)Cc1ccc(O)cc1. The van der Waals surface area contributed by atoms with E-state index >= 15 is 0 Å². The third kappa shape index (κ3) is 14.5. The fourth-order valence-electron chi connectivity index (χ4n) is 3.55. The molecule has 0 saturated heterocycles. The van der Waals surface area contributed by atoms with Gasteiger partial charge in [-0.1, -0.05) is 76.8 Å². The van der Waals surface area contributed by atoms with Crippen molar-refractivity contribution in [3.63, 3.8) is 0 Å². The van der Waals surface area contributed by atoms with Gasteiger partial charge in [-0.2, -0.15) is 0 Å². The molecular weight excluding hydrogens is 362 g/mol. The lowest BCUT2D eigenvalue weighted by Gasteiger charge is -2.28. The van der Waals surface area contributed by atoms with Crippen molar-refractivity contribution < 1.29 is 14.9 Å². The fraction of sp³-hybridized carbons (Fsp3) is 0.760. The van der Waals surface area contributed by atoms with Gasteiger partial charge in [0.25, 0.3) is 0 Å². The van der Waals surface area contributed by atoms with Crippen molar-refractivity contribution in [3.05, 3.63) is 29.8 Å². The van der Waals surface area contributed by atoms with Crippen LogP contribution in [-0.2, 0) is 11.2 Å². The second-order valence-corrected chi connectivity index (χ2v) is 9.02. The molecule has 4 nitrogen and oxygen atoms in total. The molecule has 0 aliphatic carbocycles. The summed E-state index contributed by atoms with van der Waals surface area (Å²) in [6.45, 7) is 8.15. The van der Waals surface area contributed by atoms with Crippen molar-refractivity contribution in [2.75, 3.05) is 19.8 Å². The first-order valence-corrected chi connectivity index (χ1v) is 11.7. The summed E-state index contributed by atoms with van der Waals surface area (Å²) in [5, 5.41) is 23.0. The first-order chi connectivity index (χ1) is 13.9. The minimum absolute atomic E-state index is 0.130. The number of aliphatic hydroxyl groups excluding tert-OH is 1. The number of aliphatic hydroxyl groups is 1. The summed E-state index contributed by atoms with van der Waals surface area (Å²) in [5.41, 5.74) is 1.03. The van der Waals surface area contributed by atoms with Gasteiger partial charge in [-0.05, 0) is 44.4 Å². The molecule has 0 spiro atoms. The molecule has 1 rings (SSSR count). The van der Waals surface area contributed by atoms with Crippen molar-refractivity contribution in [2.45, 2.75) is 103 Å². The van der Waals surface area contributed by atoms with E-state index in [0.717, 1.165) is 25.0 Å². The monoisotopic (exact) mass is 407 g/mol. The van der Waals surface area contributed by atoms with Crippen LogP contribution in [0.1, 0.15) is 90.5 Å². The van der Waals surface area contributed by atoms with E-state index in [9.17, 15) is 10.2 Å². The Bertz CT molecular complexity index is 501. The van der Waals surface area contributed by atoms with Gasteiger partial charge in [-0.25, -0.2) is 0 Å². The van der Waals surface area contributed by atoms with Crippen LogP contribution in [-0.4, -0.2) is 41.6 Å². The van der Waals surface area contributed by atoms with E-state index in [-0.39, 0.29) is 11.3 Å². The highest BCUT2D eigenvalue weighted by atomic mass is 16.5. The molecule has 3 N–H and O–H groups in total. The van der Waals surface area contributed by atoms with Gasteiger partial charge in [0.2, 0.25) is 0 Å². The van der Waals surface area contributed by atoms with Crippen LogP contribution in [0.4, 0.5) is 0 Å². The predicted molar refractivity (Wildman–Crippen MR) is 123 cm³/mol. The normalized spacial score (nSPS) is 13.0. The maximum Gasteiger partial charge on any atom is 0.115 e. The van der Waals surface area contributed by atoms with Crippen LogP contribution >= 0.6 is 0 Å². The maximum absolute atomic E-state index is 10.2. The van der Waals surface area contributed by atoms with Crippen LogP contribution in [0.3, 0.4) is 0 Å². The third-order valence-corrected chi connectivity index (χ3v) is 5.35. The molecule has 0 aliphatic heterocycles. The number of nitrogens with one attached hydrogen (secondary N) is 1. The van der Waals surface area contributed by atoms with E-state index in [1.807, 2.05) is 12.1 Å². The number of benzene rings is 1. The molecule has 1 unspecified atom stereocenters. The molecule has 4 heteroatoms. The number of hydrogen-bond acceptors (Lipinski definition) is 4. The Labute approximate surface area is 179 Å². The summed E-state index contributed by atoms with van der Waals surface area (Å²) < 4.78 is 5.65. The summed E-state index contributed by atoms with van der Waals surface area (Å²) in [6, 6.07) is 7.29. The average Bonchev–Trinajstić information content (AvgIpc) is 2.69. The number of unbranched alkanes of at least 4 members (excludes halogenated alkanes) is 9. The van der Waals surface area contributed by atoms with Crippen molar-refractivity contribution in [1.82, 2.24) is 5.32 Å². The van der Waals surface area contributed by atoms with Crippen LogP contribution in [0.25, 0.3) is 0 Å². The smallest absolute Gasteiger partial charge is 0.115 e. The quantitative estimate of drug-likeness (QED) is 0.277. The number of rotatable bonds is 18. The zero-order chi connectivity index (χ0) is 21.4. The molecule has 0 saturated carbocycles. The second-order valence-electron chi connectivity index (χ2n) is 9.02. The first kappa shape index (κ1) is 25.9.